The van der Waals surface area contributed by atoms with Crippen LogP contribution in [0.5, 0.6) is 0 Å². The first-order valence-electron chi connectivity index (χ1n) is 5.15. The molecule has 0 aliphatic carbocycles. The van der Waals surface area contributed by atoms with Gasteiger partial charge in [0.1, 0.15) is 12.1 Å². The summed E-state index contributed by atoms with van der Waals surface area (Å²) in [6.07, 6.45) is 1.44. The van der Waals surface area contributed by atoms with Gasteiger partial charge >= 0.3 is 0 Å². The highest BCUT2D eigenvalue weighted by Crippen LogP contribution is 2.33. The quantitative estimate of drug-likeness (QED) is 0.909. The Morgan fingerprint density at radius 3 is 2.82 bits per heavy atom. The van der Waals surface area contributed by atoms with Crippen LogP contribution in [0.25, 0.3) is 0 Å². The van der Waals surface area contributed by atoms with E-state index in [9.17, 15) is 4.39 Å². The topological polar surface area (TPSA) is 56.7 Å². The number of hydrogen-bond donors (Lipinski definition) is 1. The van der Waals surface area contributed by atoms with Crippen LogP contribution < -0.4 is 5.73 Å². The summed E-state index contributed by atoms with van der Waals surface area (Å²) >= 11 is 1.24. The monoisotopic (exact) mass is 252 g/mol. The summed E-state index contributed by atoms with van der Waals surface area (Å²) in [7, 11) is 1.77. The maximum atomic E-state index is 13.8. The highest BCUT2D eigenvalue weighted by atomic mass is 32.2. The molecule has 1 atom stereocenters. The molecule has 1 heterocycles. The molecule has 1 aromatic carbocycles. The van der Waals surface area contributed by atoms with E-state index in [0.717, 1.165) is 5.56 Å². The molecule has 1 aromatic heterocycles. The van der Waals surface area contributed by atoms with Gasteiger partial charge in [-0.25, -0.2) is 14.1 Å². The van der Waals surface area contributed by atoms with E-state index in [2.05, 4.69) is 10.1 Å². The average Bonchev–Trinajstić information content (AvgIpc) is 2.67. The lowest BCUT2D eigenvalue weighted by Gasteiger charge is -2.12. The molecular formula is C11H13FN4S. The lowest BCUT2D eigenvalue weighted by atomic mass is 10.1. The van der Waals surface area contributed by atoms with Gasteiger partial charge in [0.25, 0.3) is 0 Å². The molecule has 0 bridgehead atoms. The molecule has 0 saturated carbocycles. The SMILES string of the molecule is C[C@H](N)c1cccc(F)c1Sc1ncnn1C. The normalized spacial score (nSPS) is 12.7. The predicted molar refractivity (Wildman–Crippen MR) is 64.1 cm³/mol. The van der Waals surface area contributed by atoms with Crippen molar-refractivity contribution in [3.63, 3.8) is 0 Å². The number of aromatic nitrogens is 3. The summed E-state index contributed by atoms with van der Waals surface area (Å²) in [5.41, 5.74) is 6.60. The Kier molecular flexibility index (Phi) is 3.44. The van der Waals surface area contributed by atoms with Crippen molar-refractivity contribution in [2.75, 3.05) is 0 Å². The van der Waals surface area contributed by atoms with Gasteiger partial charge in [-0.2, -0.15) is 5.10 Å². The third-order valence-electron chi connectivity index (χ3n) is 2.35. The first kappa shape index (κ1) is 12.1. The molecule has 2 aromatic rings. The van der Waals surface area contributed by atoms with Crippen LogP contribution >= 0.6 is 11.8 Å². The van der Waals surface area contributed by atoms with Crippen molar-refractivity contribution in [3.8, 4) is 0 Å². The molecule has 0 spiro atoms. The van der Waals surface area contributed by atoms with Gasteiger partial charge in [0, 0.05) is 13.1 Å². The number of nitrogens with zero attached hydrogens (tertiary/aromatic N) is 3. The largest absolute Gasteiger partial charge is 0.324 e. The van der Waals surface area contributed by atoms with E-state index < -0.39 is 0 Å². The van der Waals surface area contributed by atoms with Crippen molar-refractivity contribution >= 4 is 11.8 Å². The van der Waals surface area contributed by atoms with Gasteiger partial charge in [0.2, 0.25) is 0 Å². The van der Waals surface area contributed by atoms with Crippen LogP contribution in [0.2, 0.25) is 0 Å². The zero-order chi connectivity index (χ0) is 12.4. The van der Waals surface area contributed by atoms with Crippen molar-refractivity contribution in [2.45, 2.75) is 23.0 Å². The summed E-state index contributed by atoms with van der Waals surface area (Å²) in [5.74, 6) is -0.284. The van der Waals surface area contributed by atoms with Gasteiger partial charge < -0.3 is 5.73 Å². The third kappa shape index (κ3) is 2.48. The molecule has 4 nitrogen and oxygen atoms in total. The second kappa shape index (κ2) is 4.85. The molecule has 2 rings (SSSR count). The average molecular weight is 252 g/mol. The number of halogens is 1. The zero-order valence-corrected chi connectivity index (χ0v) is 10.4. The Morgan fingerprint density at radius 2 is 2.24 bits per heavy atom. The fourth-order valence-corrected chi connectivity index (χ4v) is 2.46. The van der Waals surface area contributed by atoms with Crippen LogP contribution in [0.1, 0.15) is 18.5 Å². The zero-order valence-electron chi connectivity index (χ0n) is 9.59. The molecule has 0 aliphatic rings. The second-order valence-electron chi connectivity index (χ2n) is 3.72. The molecule has 2 N–H and O–H groups in total. The van der Waals surface area contributed by atoms with E-state index in [1.54, 1.807) is 17.8 Å². The highest BCUT2D eigenvalue weighted by Gasteiger charge is 2.15. The van der Waals surface area contributed by atoms with Crippen LogP contribution in [-0.4, -0.2) is 14.8 Å². The first-order valence-corrected chi connectivity index (χ1v) is 5.97. The summed E-state index contributed by atoms with van der Waals surface area (Å²) in [6, 6.07) is 4.69. The smallest absolute Gasteiger partial charge is 0.190 e. The molecule has 0 unspecified atom stereocenters. The van der Waals surface area contributed by atoms with Crippen molar-refractivity contribution in [1.29, 1.82) is 0 Å². The number of aryl methyl sites for hydroxylation is 1. The van der Waals surface area contributed by atoms with Gasteiger partial charge in [-0.3, -0.25) is 0 Å². The summed E-state index contributed by atoms with van der Waals surface area (Å²) in [4.78, 5) is 4.57. The van der Waals surface area contributed by atoms with Crippen LogP contribution in [0.4, 0.5) is 4.39 Å². The van der Waals surface area contributed by atoms with E-state index in [1.807, 2.05) is 13.0 Å². The maximum Gasteiger partial charge on any atom is 0.190 e. The van der Waals surface area contributed by atoms with Crippen molar-refractivity contribution in [2.24, 2.45) is 12.8 Å². The van der Waals surface area contributed by atoms with Gasteiger partial charge in [-0.1, -0.05) is 12.1 Å². The van der Waals surface area contributed by atoms with Crippen molar-refractivity contribution < 1.29 is 4.39 Å². The standard InChI is InChI=1S/C11H13FN4S/c1-7(13)8-4-3-5-9(12)10(8)17-11-14-6-15-16(11)2/h3-7H,13H2,1-2H3/t7-/m0/s1. The van der Waals surface area contributed by atoms with Crippen molar-refractivity contribution in [3.05, 3.63) is 35.9 Å². The molecule has 0 amide bonds. The van der Waals surface area contributed by atoms with Gasteiger partial charge in [-0.05, 0) is 30.3 Å². The van der Waals surface area contributed by atoms with Crippen LogP contribution in [0.15, 0.2) is 34.6 Å². The molecule has 17 heavy (non-hydrogen) atoms. The van der Waals surface area contributed by atoms with Gasteiger partial charge in [0.15, 0.2) is 5.16 Å². The fourth-order valence-electron chi connectivity index (χ4n) is 1.46. The van der Waals surface area contributed by atoms with E-state index in [4.69, 9.17) is 5.73 Å². The van der Waals surface area contributed by atoms with E-state index in [-0.39, 0.29) is 11.9 Å². The van der Waals surface area contributed by atoms with Gasteiger partial charge in [-0.15, -0.1) is 0 Å². The predicted octanol–water partition coefficient (Wildman–Crippen LogP) is 2.13. The summed E-state index contributed by atoms with van der Waals surface area (Å²) in [6.45, 7) is 1.83. The highest BCUT2D eigenvalue weighted by molar-refractivity contribution is 7.99. The number of nitrogens with two attached hydrogens (primary N) is 1. The Labute approximate surface area is 103 Å². The molecule has 0 aliphatic heterocycles. The molecule has 90 valence electrons. The lowest BCUT2D eigenvalue weighted by Crippen LogP contribution is -2.07. The number of benzene rings is 1. The van der Waals surface area contributed by atoms with Crippen LogP contribution in [-0.2, 0) is 7.05 Å². The van der Waals surface area contributed by atoms with Gasteiger partial charge in [0.05, 0.1) is 4.90 Å². The summed E-state index contributed by atoms with van der Waals surface area (Å²) in [5, 5.41) is 4.58. The first-order chi connectivity index (χ1) is 8.09. The molecule has 6 heteroatoms. The molecule has 0 radical (unpaired) electrons. The Bertz CT molecular complexity index is 524. The second-order valence-corrected chi connectivity index (χ2v) is 4.69. The third-order valence-corrected chi connectivity index (χ3v) is 3.54. The van der Waals surface area contributed by atoms with Crippen molar-refractivity contribution in [1.82, 2.24) is 14.8 Å². The minimum absolute atomic E-state index is 0.221. The van der Waals surface area contributed by atoms with Crippen LogP contribution in [0.3, 0.4) is 0 Å². The van der Waals surface area contributed by atoms with E-state index in [0.29, 0.717) is 10.1 Å². The van der Waals surface area contributed by atoms with Crippen LogP contribution in [0, 0.1) is 5.82 Å². The Hall–Kier alpha value is -1.40. The molecular weight excluding hydrogens is 239 g/mol. The summed E-state index contributed by atoms with van der Waals surface area (Å²) < 4.78 is 15.4. The Morgan fingerprint density at radius 1 is 1.47 bits per heavy atom. The molecule has 0 saturated heterocycles. The maximum absolute atomic E-state index is 13.8. The van der Waals surface area contributed by atoms with E-state index >= 15 is 0 Å². The lowest BCUT2D eigenvalue weighted by molar-refractivity contribution is 0.590. The number of hydrogen-bond acceptors (Lipinski definition) is 4. The minimum Gasteiger partial charge on any atom is -0.324 e. The minimum atomic E-state index is -0.284. The Balaban J connectivity index is 2.41. The fraction of sp³-hybridized carbons (Fsp3) is 0.273. The van der Waals surface area contributed by atoms with E-state index in [1.165, 1.54) is 24.2 Å². The molecule has 0 fully saturated rings. The number of rotatable bonds is 3.